The molecule has 0 aliphatic carbocycles. The first-order valence-electron chi connectivity index (χ1n) is 7.14. The molecule has 1 N–H and O–H groups in total. The number of aryl methyl sites for hydroxylation is 1. The fourth-order valence-corrected chi connectivity index (χ4v) is 2.85. The minimum Gasteiger partial charge on any atom is -0.490 e. The minimum absolute atomic E-state index is 0.782. The number of ether oxygens (including phenoxy) is 1. The predicted octanol–water partition coefficient (Wildman–Crippen LogP) is 2.52. The van der Waals surface area contributed by atoms with Crippen LogP contribution >= 0.6 is 0 Å². The van der Waals surface area contributed by atoms with E-state index in [1.165, 1.54) is 44.5 Å². The van der Waals surface area contributed by atoms with Gasteiger partial charge in [0.1, 0.15) is 12.4 Å². The number of benzene rings is 1. The first kappa shape index (κ1) is 11.8. The first-order chi connectivity index (χ1) is 8.92. The van der Waals surface area contributed by atoms with Gasteiger partial charge in [0.25, 0.3) is 0 Å². The fraction of sp³-hybridized carbons (Fsp3) is 0.600. The summed E-state index contributed by atoms with van der Waals surface area (Å²) in [6, 6.07) is 6.58. The average molecular weight is 246 g/mol. The summed E-state index contributed by atoms with van der Waals surface area (Å²) < 4.78 is 5.67. The highest BCUT2D eigenvalue weighted by molar-refractivity contribution is 5.58. The molecular formula is C15H22N2O. The summed E-state index contributed by atoms with van der Waals surface area (Å²) in [5, 5.41) is 3.36. The Morgan fingerprint density at radius 3 is 3.00 bits per heavy atom. The van der Waals surface area contributed by atoms with E-state index in [1.807, 2.05) is 0 Å². The number of hydrogen-bond donors (Lipinski definition) is 1. The second kappa shape index (κ2) is 5.61. The second-order valence-electron chi connectivity index (χ2n) is 5.26. The van der Waals surface area contributed by atoms with Gasteiger partial charge in [0.05, 0.1) is 5.69 Å². The van der Waals surface area contributed by atoms with E-state index in [0.29, 0.717) is 0 Å². The van der Waals surface area contributed by atoms with Gasteiger partial charge in [-0.05, 0) is 63.0 Å². The molecule has 0 aromatic heterocycles. The lowest BCUT2D eigenvalue weighted by molar-refractivity contribution is 0.322. The SMILES string of the molecule is c1cc2c(cc1CCCN1CCCC1)OCCN2. The zero-order valence-corrected chi connectivity index (χ0v) is 11.0. The topological polar surface area (TPSA) is 24.5 Å². The summed E-state index contributed by atoms with van der Waals surface area (Å²) in [6.07, 6.45) is 5.19. The van der Waals surface area contributed by atoms with Crippen molar-refractivity contribution < 1.29 is 4.74 Å². The Bertz CT molecular complexity index is 399. The van der Waals surface area contributed by atoms with Gasteiger partial charge >= 0.3 is 0 Å². The van der Waals surface area contributed by atoms with E-state index < -0.39 is 0 Å². The molecule has 18 heavy (non-hydrogen) atoms. The van der Waals surface area contributed by atoms with Crippen LogP contribution in [0.25, 0.3) is 0 Å². The van der Waals surface area contributed by atoms with Crippen LogP contribution in [0.3, 0.4) is 0 Å². The Balaban J connectivity index is 1.52. The lowest BCUT2D eigenvalue weighted by Crippen LogP contribution is -2.21. The Hall–Kier alpha value is -1.22. The first-order valence-corrected chi connectivity index (χ1v) is 7.14. The molecule has 2 heterocycles. The molecule has 1 fully saturated rings. The van der Waals surface area contributed by atoms with E-state index >= 15 is 0 Å². The molecule has 98 valence electrons. The van der Waals surface area contributed by atoms with Crippen molar-refractivity contribution in [1.29, 1.82) is 0 Å². The van der Waals surface area contributed by atoms with Crippen LogP contribution in [-0.4, -0.2) is 37.7 Å². The van der Waals surface area contributed by atoms with E-state index in [2.05, 4.69) is 28.4 Å². The number of rotatable bonds is 4. The molecule has 0 spiro atoms. The highest BCUT2D eigenvalue weighted by Gasteiger charge is 2.12. The monoisotopic (exact) mass is 246 g/mol. The van der Waals surface area contributed by atoms with Crippen molar-refractivity contribution >= 4 is 5.69 Å². The lowest BCUT2D eigenvalue weighted by Gasteiger charge is -2.20. The molecule has 1 saturated heterocycles. The third kappa shape index (κ3) is 2.78. The van der Waals surface area contributed by atoms with Crippen molar-refractivity contribution in [2.24, 2.45) is 0 Å². The van der Waals surface area contributed by atoms with Crippen molar-refractivity contribution in [1.82, 2.24) is 4.90 Å². The van der Waals surface area contributed by atoms with Crippen molar-refractivity contribution in [2.45, 2.75) is 25.7 Å². The van der Waals surface area contributed by atoms with Crippen molar-refractivity contribution in [3.8, 4) is 5.75 Å². The molecular weight excluding hydrogens is 224 g/mol. The quantitative estimate of drug-likeness (QED) is 0.883. The summed E-state index contributed by atoms with van der Waals surface area (Å²) in [4.78, 5) is 2.58. The van der Waals surface area contributed by atoms with E-state index in [0.717, 1.165) is 31.0 Å². The van der Waals surface area contributed by atoms with Crippen LogP contribution in [0.4, 0.5) is 5.69 Å². The van der Waals surface area contributed by atoms with E-state index in [-0.39, 0.29) is 0 Å². The van der Waals surface area contributed by atoms with Gasteiger partial charge in [-0.1, -0.05) is 6.07 Å². The summed E-state index contributed by atoms with van der Waals surface area (Å²) in [7, 11) is 0. The molecule has 0 unspecified atom stereocenters. The van der Waals surface area contributed by atoms with Crippen LogP contribution < -0.4 is 10.1 Å². The average Bonchev–Trinajstić information content (AvgIpc) is 2.92. The molecule has 3 rings (SSSR count). The maximum absolute atomic E-state index is 5.67. The van der Waals surface area contributed by atoms with Crippen LogP contribution in [0.15, 0.2) is 18.2 Å². The maximum atomic E-state index is 5.67. The molecule has 0 saturated carbocycles. The van der Waals surface area contributed by atoms with Gasteiger partial charge in [0, 0.05) is 6.54 Å². The third-order valence-corrected chi connectivity index (χ3v) is 3.86. The number of fused-ring (bicyclic) bond motifs is 1. The number of anilines is 1. The van der Waals surface area contributed by atoms with E-state index in [1.54, 1.807) is 0 Å². The minimum atomic E-state index is 0.782. The maximum Gasteiger partial charge on any atom is 0.142 e. The highest BCUT2D eigenvalue weighted by atomic mass is 16.5. The molecule has 2 aliphatic rings. The van der Waals surface area contributed by atoms with Gasteiger partial charge in [-0.2, -0.15) is 0 Å². The molecule has 1 aromatic carbocycles. The van der Waals surface area contributed by atoms with Crippen molar-refractivity contribution in [3.63, 3.8) is 0 Å². The van der Waals surface area contributed by atoms with Crippen LogP contribution in [0.2, 0.25) is 0 Å². The lowest BCUT2D eigenvalue weighted by atomic mass is 10.1. The van der Waals surface area contributed by atoms with Gasteiger partial charge in [0.15, 0.2) is 0 Å². The number of nitrogens with one attached hydrogen (secondary N) is 1. The molecule has 3 nitrogen and oxygen atoms in total. The zero-order chi connectivity index (χ0) is 12.2. The molecule has 0 atom stereocenters. The van der Waals surface area contributed by atoms with Gasteiger partial charge in [-0.15, -0.1) is 0 Å². The van der Waals surface area contributed by atoms with Gasteiger partial charge < -0.3 is 15.0 Å². The third-order valence-electron chi connectivity index (χ3n) is 3.86. The number of nitrogens with zero attached hydrogens (tertiary/aromatic N) is 1. The fourth-order valence-electron chi connectivity index (χ4n) is 2.85. The molecule has 0 bridgehead atoms. The normalized spacial score (nSPS) is 19.1. The summed E-state index contributed by atoms with van der Waals surface area (Å²) in [5.41, 5.74) is 2.54. The Labute approximate surface area is 109 Å². The molecule has 1 aromatic rings. The molecule has 0 amide bonds. The van der Waals surface area contributed by atoms with Crippen LogP contribution in [0.1, 0.15) is 24.8 Å². The second-order valence-corrected chi connectivity index (χ2v) is 5.26. The largest absolute Gasteiger partial charge is 0.490 e. The summed E-state index contributed by atoms with van der Waals surface area (Å²) in [6.45, 7) is 5.55. The zero-order valence-electron chi connectivity index (χ0n) is 11.0. The number of hydrogen-bond acceptors (Lipinski definition) is 3. The van der Waals surface area contributed by atoms with E-state index in [4.69, 9.17) is 4.74 Å². The van der Waals surface area contributed by atoms with Crippen LogP contribution in [-0.2, 0) is 6.42 Å². The number of likely N-dealkylation sites (tertiary alicyclic amines) is 1. The summed E-state index contributed by atoms with van der Waals surface area (Å²) in [5.74, 6) is 1.03. The van der Waals surface area contributed by atoms with Crippen molar-refractivity contribution in [2.75, 3.05) is 38.1 Å². The van der Waals surface area contributed by atoms with Crippen LogP contribution in [0, 0.1) is 0 Å². The standard InChI is InChI=1S/C15H22N2O/c1-2-9-17(8-1)10-3-4-13-5-6-14-15(12-13)18-11-7-16-14/h5-6,12,16H,1-4,7-11H2. The molecule has 3 heteroatoms. The Morgan fingerprint density at radius 2 is 2.11 bits per heavy atom. The van der Waals surface area contributed by atoms with Gasteiger partial charge in [0.2, 0.25) is 0 Å². The smallest absolute Gasteiger partial charge is 0.142 e. The molecule has 0 radical (unpaired) electrons. The van der Waals surface area contributed by atoms with Gasteiger partial charge in [-0.25, -0.2) is 0 Å². The summed E-state index contributed by atoms with van der Waals surface area (Å²) >= 11 is 0. The van der Waals surface area contributed by atoms with Crippen LogP contribution in [0.5, 0.6) is 5.75 Å². The predicted molar refractivity (Wildman–Crippen MR) is 74.4 cm³/mol. The Kier molecular flexibility index (Phi) is 3.69. The molecule has 2 aliphatic heterocycles. The van der Waals surface area contributed by atoms with Gasteiger partial charge in [-0.3, -0.25) is 0 Å². The highest BCUT2D eigenvalue weighted by Crippen LogP contribution is 2.28. The Morgan fingerprint density at radius 1 is 1.22 bits per heavy atom. The van der Waals surface area contributed by atoms with E-state index in [9.17, 15) is 0 Å². The van der Waals surface area contributed by atoms with Crippen molar-refractivity contribution in [3.05, 3.63) is 23.8 Å².